The van der Waals surface area contributed by atoms with Crippen LogP contribution in [-0.2, 0) is 24.2 Å². The second kappa shape index (κ2) is 10.5. The maximum absolute atomic E-state index is 13.1. The SMILES string of the molecule is Cc1ccc(-c2c(CN)c(CC(C)C)nc(C)c2OC(=O)CCc2ccc(F)cc2)cc1. The molecule has 0 fully saturated rings. The fraction of sp³-hybridized carbons (Fsp3) is 0.333. The summed E-state index contributed by atoms with van der Waals surface area (Å²) in [5.41, 5.74) is 12.5. The van der Waals surface area contributed by atoms with Gasteiger partial charge in [0.2, 0.25) is 0 Å². The molecule has 1 heterocycles. The Hall–Kier alpha value is -3.05. The molecule has 0 amide bonds. The molecule has 2 N–H and O–H groups in total. The highest BCUT2D eigenvalue weighted by molar-refractivity contribution is 5.81. The fourth-order valence-electron chi connectivity index (χ4n) is 3.77. The Labute approximate surface area is 189 Å². The average Bonchev–Trinajstić information content (AvgIpc) is 2.75. The van der Waals surface area contributed by atoms with Gasteiger partial charge in [-0.1, -0.05) is 55.8 Å². The van der Waals surface area contributed by atoms with Crippen molar-refractivity contribution < 1.29 is 13.9 Å². The summed E-state index contributed by atoms with van der Waals surface area (Å²) in [4.78, 5) is 17.5. The van der Waals surface area contributed by atoms with Gasteiger partial charge in [0.05, 0.1) is 5.69 Å². The van der Waals surface area contributed by atoms with Crippen LogP contribution in [0.2, 0.25) is 0 Å². The van der Waals surface area contributed by atoms with Crippen LogP contribution in [0.15, 0.2) is 48.5 Å². The summed E-state index contributed by atoms with van der Waals surface area (Å²) in [5, 5.41) is 0. The predicted molar refractivity (Wildman–Crippen MR) is 126 cm³/mol. The Morgan fingerprint density at radius 3 is 2.31 bits per heavy atom. The van der Waals surface area contributed by atoms with E-state index in [0.29, 0.717) is 30.3 Å². The number of nitrogens with two attached hydrogens (primary N) is 1. The lowest BCUT2D eigenvalue weighted by molar-refractivity contribution is -0.134. The molecule has 0 unspecified atom stereocenters. The van der Waals surface area contributed by atoms with E-state index in [0.717, 1.165) is 39.9 Å². The van der Waals surface area contributed by atoms with Gasteiger partial charge in [0.1, 0.15) is 5.82 Å². The van der Waals surface area contributed by atoms with E-state index in [4.69, 9.17) is 15.5 Å². The number of aromatic nitrogens is 1. The number of aryl methyl sites for hydroxylation is 3. The highest BCUT2D eigenvalue weighted by Crippen LogP contribution is 2.38. The minimum Gasteiger partial charge on any atom is -0.424 e. The Kier molecular flexibility index (Phi) is 7.75. The first kappa shape index (κ1) is 23.6. The number of nitrogens with zero attached hydrogens (tertiary/aromatic N) is 1. The van der Waals surface area contributed by atoms with Crippen molar-refractivity contribution in [2.24, 2.45) is 11.7 Å². The number of pyridine rings is 1. The third kappa shape index (κ3) is 5.80. The smallest absolute Gasteiger partial charge is 0.311 e. The van der Waals surface area contributed by atoms with Crippen LogP contribution in [0, 0.1) is 25.6 Å². The molecule has 0 bridgehead atoms. The van der Waals surface area contributed by atoms with Crippen LogP contribution >= 0.6 is 0 Å². The van der Waals surface area contributed by atoms with Crippen molar-refractivity contribution in [2.75, 3.05) is 0 Å². The molecule has 0 radical (unpaired) electrons. The van der Waals surface area contributed by atoms with Gasteiger partial charge in [0.25, 0.3) is 0 Å². The molecule has 4 nitrogen and oxygen atoms in total. The minimum atomic E-state index is -0.354. The van der Waals surface area contributed by atoms with Crippen molar-refractivity contribution in [1.29, 1.82) is 0 Å². The number of benzene rings is 2. The molecule has 32 heavy (non-hydrogen) atoms. The summed E-state index contributed by atoms with van der Waals surface area (Å²) in [5.74, 6) is 0.233. The first-order chi connectivity index (χ1) is 15.3. The third-order valence-electron chi connectivity index (χ3n) is 5.40. The van der Waals surface area contributed by atoms with Crippen molar-refractivity contribution in [1.82, 2.24) is 4.98 Å². The maximum Gasteiger partial charge on any atom is 0.311 e. The topological polar surface area (TPSA) is 65.2 Å². The van der Waals surface area contributed by atoms with Crippen molar-refractivity contribution >= 4 is 5.97 Å². The molecule has 1 aromatic heterocycles. The molecule has 168 valence electrons. The fourth-order valence-corrected chi connectivity index (χ4v) is 3.77. The molecule has 0 saturated heterocycles. The quantitative estimate of drug-likeness (QED) is 0.462. The van der Waals surface area contributed by atoms with Crippen molar-refractivity contribution in [2.45, 2.75) is 53.5 Å². The van der Waals surface area contributed by atoms with E-state index < -0.39 is 0 Å². The summed E-state index contributed by atoms with van der Waals surface area (Å²) in [7, 11) is 0. The van der Waals surface area contributed by atoms with Crippen LogP contribution in [0.1, 0.15) is 48.3 Å². The van der Waals surface area contributed by atoms with E-state index in [1.165, 1.54) is 12.1 Å². The van der Waals surface area contributed by atoms with Crippen molar-refractivity contribution in [3.63, 3.8) is 0 Å². The summed E-state index contributed by atoms with van der Waals surface area (Å²) >= 11 is 0. The zero-order valence-corrected chi connectivity index (χ0v) is 19.2. The first-order valence-electron chi connectivity index (χ1n) is 11.0. The maximum atomic E-state index is 13.1. The number of carbonyl (C=O) groups is 1. The third-order valence-corrected chi connectivity index (χ3v) is 5.40. The van der Waals surface area contributed by atoms with Crippen molar-refractivity contribution in [3.05, 3.63) is 82.4 Å². The molecule has 3 rings (SSSR count). The predicted octanol–water partition coefficient (Wildman–Crippen LogP) is 5.70. The Morgan fingerprint density at radius 2 is 1.72 bits per heavy atom. The van der Waals surface area contributed by atoms with Gasteiger partial charge >= 0.3 is 5.97 Å². The zero-order valence-electron chi connectivity index (χ0n) is 19.2. The molecule has 0 atom stereocenters. The monoisotopic (exact) mass is 434 g/mol. The first-order valence-corrected chi connectivity index (χ1v) is 11.0. The molecule has 0 aliphatic carbocycles. The highest BCUT2D eigenvalue weighted by Gasteiger charge is 2.22. The van der Waals surface area contributed by atoms with Crippen LogP contribution < -0.4 is 10.5 Å². The standard InChI is InChI=1S/C27H31FN2O2/c1-17(2)15-24-23(16-29)26(21-10-5-18(3)6-11-21)27(19(4)30-24)32-25(31)14-9-20-7-12-22(28)13-8-20/h5-8,10-13,17H,9,14-16,29H2,1-4H3. The Balaban J connectivity index is 1.96. The second-order valence-corrected chi connectivity index (χ2v) is 8.60. The summed E-state index contributed by atoms with van der Waals surface area (Å²) in [6, 6.07) is 14.3. The van der Waals surface area contributed by atoms with E-state index in [9.17, 15) is 9.18 Å². The van der Waals surface area contributed by atoms with Gasteiger partial charge in [-0.05, 0) is 61.4 Å². The normalized spacial score (nSPS) is 11.1. The largest absolute Gasteiger partial charge is 0.424 e. The van der Waals surface area contributed by atoms with Gasteiger partial charge in [0, 0.05) is 24.2 Å². The van der Waals surface area contributed by atoms with Gasteiger partial charge < -0.3 is 10.5 Å². The lowest BCUT2D eigenvalue weighted by Crippen LogP contribution is -2.16. The lowest BCUT2D eigenvalue weighted by atomic mass is 9.93. The van der Waals surface area contributed by atoms with E-state index in [2.05, 4.69) is 13.8 Å². The van der Waals surface area contributed by atoms with E-state index in [-0.39, 0.29) is 18.2 Å². The van der Waals surface area contributed by atoms with Gasteiger partial charge in [-0.25, -0.2) is 4.39 Å². The van der Waals surface area contributed by atoms with Crippen LogP contribution in [0.5, 0.6) is 5.75 Å². The number of rotatable bonds is 8. The minimum absolute atomic E-state index is 0.185. The van der Waals surface area contributed by atoms with E-state index in [1.807, 2.05) is 38.1 Å². The molecular weight excluding hydrogens is 403 g/mol. The summed E-state index contributed by atoms with van der Waals surface area (Å²) in [6.07, 6.45) is 1.45. The van der Waals surface area contributed by atoms with E-state index in [1.54, 1.807) is 12.1 Å². The van der Waals surface area contributed by atoms with Crippen LogP contribution in [0.25, 0.3) is 11.1 Å². The van der Waals surface area contributed by atoms with Gasteiger partial charge in [0.15, 0.2) is 5.75 Å². The molecule has 0 aliphatic rings. The van der Waals surface area contributed by atoms with Gasteiger partial charge in [-0.3, -0.25) is 9.78 Å². The Morgan fingerprint density at radius 1 is 1.06 bits per heavy atom. The molecule has 0 spiro atoms. The number of hydrogen-bond donors (Lipinski definition) is 1. The molecule has 0 saturated carbocycles. The molecule has 3 aromatic rings. The van der Waals surface area contributed by atoms with Crippen molar-refractivity contribution in [3.8, 4) is 16.9 Å². The molecule has 2 aromatic carbocycles. The highest BCUT2D eigenvalue weighted by atomic mass is 19.1. The molecule has 5 heteroatoms. The number of ether oxygens (including phenoxy) is 1. The zero-order chi connectivity index (χ0) is 23.3. The van der Waals surface area contributed by atoms with Gasteiger partial charge in [-0.15, -0.1) is 0 Å². The molecular formula is C27H31FN2O2. The van der Waals surface area contributed by atoms with Crippen LogP contribution in [0.4, 0.5) is 4.39 Å². The second-order valence-electron chi connectivity index (χ2n) is 8.60. The van der Waals surface area contributed by atoms with Crippen LogP contribution in [0.3, 0.4) is 0 Å². The van der Waals surface area contributed by atoms with E-state index >= 15 is 0 Å². The average molecular weight is 435 g/mol. The summed E-state index contributed by atoms with van der Waals surface area (Å²) in [6.45, 7) is 8.49. The van der Waals surface area contributed by atoms with Crippen LogP contribution in [-0.4, -0.2) is 11.0 Å². The molecule has 0 aliphatic heterocycles. The summed E-state index contributed by atoms with van der Waals surface area (Å²) < 4.78 is 19.0. The lowest BCUT2D eigenvalue weighted by Gasteiger charge is -2.20. The number of halogens is 1. The number of carbonyl (C=O) groups excluding carboxylic acids is 1. The number of esters is 1. The number of hydrogen-bond acceptors (Lipinski definition) is 4. The van der Waals surface area contributed by atoms with Gasteiger partial charge in [-0.2, -0.15) is 0 Å². The Bertz CT molecular complexity index is 1070.